The molecule has 2 N–H and O–H groups in total. The summed E-state index contributed by atoms with van der Waals surface area (Å²) >= 11 is 0. The maximum absolute atomic E-state index is 5.80. The van der Waals surface area contributed by atoms with Gasteiger partial charge in [0.15, 0.2) is 0 Å². The molecule has 0 radical (unpaired) electrons. The maximum atomic E-state index is 5.80. The fourth-order valence-electron chi connectivity index (χ4n) is 2.18. The van der Waals surface area contributed by atoms with E-state index in [0.717, 1.165) is 22.7 Å². The standard InChI is InChI=1S/C15H21N3O/c1-10(2)11-5-6-12(14(7-11)19-4)15-13(8-16)18(3)9-17-15/h5-7,9-10H,8,16H2,1-4H3. The lowest BCUT2D eigenvalue weighted by molar-refractivity contribution is 0.415. The van der Waals surface area contributed by atoms with Crippen molar-refractivity contribution < 1.29 is 4.74 Å². The van der Waals surface area contributed by atoms with Gasteiger partial charge in [0.05, 0.1) is 24.8 Å². The highest BCUT2D eigenvalue weighted by atomic mass is 16.5. The second-order valence-electron chi connectivity index (χ2n) is 4.97. The van der Waals surface area contributed by atoms with Gasteiger partial charge in [0.25, 0.3) is 0 Å². The van der Waals surface area contributed by atoms with Crippen LogP contribution in [-0.4, -0.2) is 16.7 Å². The molecule has 0 amide bonds. The number of aromatic nitrogens is 2. The molecule has 102 valence electrons. The minimum atomic E-state index is 0.459. The number of nitrogens with two attached hydrogens (primary N) is 1. The van der Waals surface area contributed by atoms with Gasteiger partial charge >= 0.3 is 0 Å². The molecule has 19 heavy (non-hydrogen) atoms. The third-order valence-electron chi connectivity index (χ3n) is 3.40. The van der Waals surface area contributed by atoms with Crippen LogP contribution >= 0.6 is 0 Å². The first-order valence-electron chi connectivity index (χ1n) is 6.47. The average molecular weight is 259 g/mol. The minimum absolute atomic E-state index is 0.459. The van der Waals surface area contributed by atoms with Gasteiger partial charge < -0.3 is 15.0 Å². The molecule has 0 saturated carbocycles. The van der Waals surface area contributed by atoms with E-state index in [1.807, 2.05) is 11.6 Å². The summed E-state index contributed by atoms with van der Waals surface area (Å²) in [5.74, 6) is 1.32. The summed E-state index contributed by atoms with van der Waals surface area (Å²) in [4.78, 5) is 4.44. The fraction of sp³-hybridized carbons (Fsp3) is 0.400. The first-order valence-corrected chi connectivity index (χ1v) is 6.47. The Morgan fingerprint density at radius 1 is 1.37 bits per heavy atom. The molecule has 0 saturated heterocycles. The summed E-state index contributed by atoms with van der Waals surface area (Å²) in [7, 11) is 3.64. The van der Waals surface area contributed by atoms with Crippen molar-refractivity contribution in [3.63, 3.8) is 0 Å². The van der Waals surface area contributed by atoms with Gasteiger partial charge in [-0.15, -0.1) is 0 Å². The molecule has 0 fully saturated rings. The number of methoxy groups -OCH3 is 1. The van der Waals surface area contributed by atoms with Crippen LogP contribution in [0.1, 0.15) is 31.0 Å². The molecule has 1 aromatic carbocycles. The lowest BCUT2D eigenvalue weighted by Crippen LogP contribution is -2.04. The Labute approximate surface area is 114 Å². The Hall–Kier alpha value is -1.81. The molecule has 0 aliphatic carbocycles. The first kappa shape index (κ1) is 13.6. The quantitative estimate of drug-likeness (QED) is 0.918. The molecule has 0 atom stereocenters. The molecular formula is C15H21N3O. The average Bonchev–Trinajstić information content (AvgIpc) is 2.78. The van der Waals surface area contributed by atoms with Gasteiger partial charge in [0.2, 0.25) is 0 Å². The van der Waals surface area contributed by atoms with Crippen LogP contribution in [0.3, 0.4) is 0 Å². The molecule has 0 aliphatic heterocycles. The molecule has 2 aromatic rings. The van der Waals surface area contributed by atoms with Crippen molar-refractivity contribution in [2.75, 3.05) is 7.11 Å². The number of ether oxygens (including phenoxy) is 1. The first-order chi connectivity index (χ1) is 9.08. The molecule has 1 aromatic heterocycles. The highest BCUT2D eigenvalue weighted by Crippen LogP contribution is 2.33. The predicted molar refractivity (Wildman–Crippen MR) is 77.2 cm³/mol. The van der Waals surface area contributed by atoms with Gasteiger partial charge in [-0.25, -0.2) is 4.98 Å². The second kappa shape index (κ2) is 5.45. The monoisotopic (exact) mass is 259 g/mol. The van der Waals surface area contributed by atoms with E-state index in [4.69, 9.17) is 10.5 Å². The number of aryl methyl sites for hydroxylation is 1. The predicted octanol–water partition coefficient (Wildman–Crippen LogP) is 2.68. The molecule has 4 heteroatoms. The normalized spacial score (nSPS) is 11.1. The van der Waals surface area contributed by atoms with Gasteiger partial charge in [-0.2, -0.15) is 0 Å². The minimum Gasteiger partial charge on any atom is -0.496 e. The van der Waals surface area contributed by atoms with Crippen LogP contribution in [-0.2, 0) is 13.6 Å². The van der Waals surface area contributed by atoms with E-state index in [1.165, 1.54) is 5.56 Å². The van der Waals surface area contributed by atoms with Crippen molar-refractivity contribution in [1.82, 2.24) is 9.55 Å². The number of benzene rings is 1. The highest BCUT2D eigenvalue weighted by molar-refractivity contribution is 5.70. The van der Waals surface area contributed by atoms with Crippen molar-refractivity contribution >= 4 is 0 Å². The number of nitrogens with zero attached hydrogens (tertiary/aromatic N) is 2. The largest absolute Gasteiger partial charge is 0.496 e. The lowest BCUT2D eigenvalue weighted by Gasteiger charge is -2.12. The Balaban J connectivity index is 2.55. The van der Waals surface area contributed by atoms with Crippen LogP contribution in [0, 0.1) is 0 Å². The number of imidazole rings is 1. The van der Waals surface area contributed by atoms with Crippen molar-refractivity contribution in [3.05, 3.63) is 35.8 Å². The van der Waals surface area contributed by atoms with Crippen LogP contribution < -0.4 is 10.5 Å². The highest BCUT2D eigenvalue weighted by Gasteiger charge is 2.15. The second-order valence-corrected chi connectivity index (χ2v) is 4.97. The van der Waals surface area contributed by atoms with Crippen LogP contribution in [0.15, 0.2) is 24.5 Å². The zero-order chi connectivity index (χ0) is 14.0. The summed E-state index contributed by atoms with van der Waals surface area (Å²) in [6.45, 7) is 4.79. The SMILES string of the molecule is COc1cc(C(C)C)ccc1-c1ncn(C)c1CN. The Bertz CT molecular complexity index is 573. The smallest absolute Gasteiger partial charge is 0.128 e. The Morgan fingerprint density at radius 3 is 2.68 bits per heavy atom. The molecule has 0 unspecified atom stereocenters. The summed E-state index contributed by atoms with van der Waals surface area (Å²) in [5, 5.41) is 0. The van der Waals surface area contributed by atoms with Crippen molar-refractivity contribution in [3.8, 4) is 17.0 Å². The molecule has 0 aliphatic rings. The summed E-state index contributed by atoms with van der Waals surface area (Å²) in [5.41, 5.74) is 9.96. The van der Waals surface area contributed by atoms with Gasteiger partial charge in [-0.3, -0.25) is 0 Å². The van der Waals surface area contributed by atoms with Crippen LogP contribution in [0.2, 0.25) is 0 Å². The van der Waals surface area contributed by atoms with E-state index >= 15 is 0 Å². The Kier molecular flexibility index (Phi) is 3.90. The summed E-state index contributed by atoms with van der Waals surface area (Å²) in [6, 6.07) is 6.27. The van der Waals surface area contributed by atoms with E-state index in [1.54, 1.807) is 13.4 Å². The van der Waals surface area contributed by atoms with Crippen LogP contribution in [0.5, 0.6) is 5.75 Å². The van der Waals surface area contributed by atoms with E-state index in [2.05, 4.69) is 37.0 Å². The zero-order valence-corrected chi connectivity index (χ0v) is 12.0. The summed E-state index contributed by atoms with van der Waals surface area (Å²) in [6.07, 6.45) is 1.79. The number of hydrogen-bond acceptors (Lipinski definition) is 3. The third kappa shape index (κ3) is 2.49. The summed E-state index contributed by atoms with van der Waals surface area (Å²) < 4.78 is 7.46. The number of hydrogen-bond donors (Lipinski definition) is 1. The van der Waals surface area contributed by atoms with Gasteiger partial charge in [0, 0.05) is 19.2 Å². The molecule has 4 nitrogen and oxygen atoms in total. The van der Waals surface area contributed by atoms with Crippen molar-refractivity contribution in [1.29, 1.82) is 0 Å². The fourth-order valence-corrected chi connectivity index (χ4v) is 2.18. The van der Waals surface area contributed by atoms with E-state index < -0.39 is 0 Å². The van der Waals surface area contributed by atoms with Gasteiger partial charge in [0.1, 0.15) is 5.75 Å². The molecular weight excluding hydrogens is 238 g/mol. The molecule has 2 rings (SSSR count). The third-order valence-corrected chi connectivity index (χ3v) is 3.40. The van der Waals surface area contributed by atoms with Gasteiger partial charge in [-0.05, 0) is 23.6 Å². The maximum Gasteiger partial charge on any atom is 0.128 e. The van der Waals surface area contributed by atoms with Gasteiger partial charge in [-0.1, -0.05) is 19.9 Å². The molecule has 0 bridgehead atoms. The lowest BCUT2D eigenvalue weighted by atomic mass is 9.99. The Morgan fingerprint density at radius 2 is 2.11 bits per heavy atom. The zero-order valence-electron chi connectivity index (χ0n) is 12.0. The van der Waals surface area contributed by atoms with E-state index in [0.29, 0.717) is 12.5 Å². The topological polar surface area (TPSA) is 53.1 Å². The molecule has 1 heterocycles. The van der Waals surface area contributed by atoms with Crippen molar-refractivity contribution in [2.24, 2.45) is 12.8 Å². The van der Waals surface area contributed by atoms with E-state index in [9.17, 15) is 0 Å². The van der Waals surface area contributed by atoms with Crippen LogP contribution in [0.25, 0.3) is 11.3 Å². The van der Waals surface area contributed by atoms with Crippen molar-refractivity contribution in [2.45, 2.75) is 26.3 Å². The van der Waals surface area contributed by atoms with Crippen LogP contribution in [0.4, 0.5) is 0 Å². The molecule has 0 spiro atoms. The number of rotatable bonds is 4. The van der Waals surface area contributed by atoms with E-state index in [-0.39, 0.29) is 0 Å².